The Hall–Kier alpha value is -2.32. The number of aliphatic imine (C=N–C) groups is 1. The molecule has 1 saturated heterocycles. The largest absolute Gasteiger partial charge is 0.416 e. The number of hydrogen-bond donors (Lipinski definition) is 1. The van der Waals surface area contributed by atoms with E-state index >= 15 is 0 Å². The minimum atomic E-state index is -4.53. The van der Waals surface area contributed by atoms with E-state index in [4.69, 9.17) is 11.6 Å². The number of amides is 1. The van der Waals surface area contributed by atoms with E-state index in [0.717, 1.165) is 30.0 Å². The van der Waals surface area contributed by atoms with E-state index in [0.29, 0.717) is 5.56 Å². The highest BCUT2D eigenvalue weighted by Crippen LogP contribution is 2.36. The Kier molecular flexibility index (Phi) is 5.06. The Labute approximate surface area is 154 Å². The van der Waals surface area contributed by atoms with Crippen LogP contribution in [0.3, 0.4) is 0 Å². The monoisotopic (exact) mass is 400 g/mol. The van der Waals surface area contributed by atoms with Gasteiger partial charge in [0.25, 0.3) is 5.91 Å². The highest BCUT2D eigenvalue weighted by atomic mass is 35.5. The molecule has 3 nitrogen and oxygen atoms in total. The molecular weight excluding hydrogens is 392 g/mol. The van der Waals surface area contributed by atoms with E-state index in [1.54, 1.807) is 6.07 Å². The van der Waals surface area contributed by atoms with Gasteiger partial charge >= 0.3 is 6.18 Å². The summed E-state index contributed by atoms with van der Waals surface area (Å²) in [6.07, 6.45) is -3.08. The normalized spacial score (nSPS) is 17.8. The quantitative estimate of drug-likeness (QED) is 0.542. The Bertz CT molecular complexity index is 941. The van der Waals surface area contributed by atoms with Crippen molar-refractivity contribution in [2.45, 2.75) is 6.18 Å². The van der Waals surface area contributed by atoms with Gasteiger partial charge in [0.2, 0.25) is 0 Å². The van der Waals surface area contributed by atoms with Crippen molar-refractivity contribution in [2.75, 3.05) is 0 Å². The summed E-state index contributed by atoms with van der Waals surface area (Å²) < 4.78 is 51.6. The summed E-state index contributed by atoms with van der Waals surface area (Å²) in [5.41, 5.74) is -0.539. The molecule has 0 aromatic heterocycles. The fourth-order valence-electron chi connectivity index (χ4n) is 2.11. The molecule has 0 atom stereocenters. The molecule has 1 aliphatic heterocycles. The van der Waals surface area contributed by atoms with Crippen LogP contribution in [0.5, 0.6) is 0 Å². The average Bonchev–Trinajstić information content (AvgIpc) is 2.88. The van der Waals surface area contributed by atoms with Crippen molar-refractivity contribution >= 4 is 46.2 Å². The van der Waals surface area contributed by atoms with Crippen LogP contribution >= 0.6 is 23.4 Å². The lowest BCUT2D eigenvalue weighted by atomic mass is 10.2. The molecule has 134 valence electrons. The first kappa shape index (κ1) is 18.5. The fourth-order valence-corrected chi connectivity index (χ4v) is 3.11. The number of carbonyl (C=O) groups excluding carboxylic acids is 1. The van der Waals surface area contributed by atoms with Gasteiger partial charge in [-0.3, -0.25) is 4.79 Å². The molecule has 0 aliphatic carbocycles. The lowest BCUT2D eigenvalue weighted by Crippen LogP contribution is -2.19. The molecule has 1 N–H and O–H groups in total. The van der Waals surface area contributed by atoms with Crippen molar-refractivity contribution in [3.05, 3.63) is 69.3 Å². The second kappa shape index (κ2) is 7.13. The van der Waals surface area contributed by atoms with E-state index in [2.05, 4.69) is 10.3 Å². The van der Waals surface area contributed by atoms with Crippen LogP contribution < -0.4 is 5.32 Å². The molecule has 1 amide bonds. The maximum absolute atomic E-state index is 13.2. The Morgan fingerprint density at radius 1 is 1.15 bits per heavy atom. The molecule has 26 heavy (non-hydrogen) atoms. The van der Waals surface area contributed by atoms with E-state index < -0.39 is 23.5 Å². The molecule has 1 fully saturated rings. The molecular formula is C17H9ClF4N2OS. The minimum Gasteiger partial charge on any atom is -0.300 e. The molecule has 1 heterocycles. The van der Waals surface area contributed by atoms with Crippen LogP contribution in [0, 0.1) is 5.82 Å². The highest BCUT2D eigenvalue weighted by molar-refractivity contribution is 8.18. The molecule has 2 aromatic rings. The number of nitrogens with one attached hydrogen (secondary N) is 1. The number of thioether (sulfide) groups is 1. The summed E-state index contributed by atoms with van der Waals surface area (Å²) in [5.74, 6) is -0.937. The first-order valence-corrected chi connectivity index (χ1v) is 8.34. The van der Waals surface area contributed by atoms with Gasteiger partial charge in [0, 0.05) is 0 Å². The van der Waals surface area contributed by atoms with Gasteiger partial charge in [-0.1, -0.05) is 23.7 Å². The van der Waals surface area contributed by atoms with Crippen molar-refractivity contribution in [3.8, 4) is 0 Å². The standard InChI is InChI=1S/C17H9ClF4N2OS/c18-12-5-4-10(17(20,21)22)8-13(12)23-16-24-15(25)14(26-16)7-9-2-1-3-11(19)6-9/h1-8H,(H,23,24,25). The highest BCUT2D eigenvalue weighted by Gasteiger charge is 2.31. The van der Waals surface area contributed by atoms with E-state index in [-0.39, 0.29) is 20.8 Å². The predicted molar refractivity (Wildman–Crippen MR) is 93.7 cm³/mol. The van der Waals surface area contributed by atoms with Gasteiger partial charge in [0.1, 0.15) is 5.82 Å². The van der Waals surface area contributed by atoms with E-state index in [1.165, 1.54) is 24.3 Å². The molecule has 0 radical (unpaired) electrons. The second-order valence-electron chi connectivity index (χ2n) is 5.20. The molecule has 3 rings (SSSR count). The van der Waals surface area contributed by atoms with Crippen LogP contribution in [-0.2, 0) is 11.0 Å². The summed E-state index contributed by atoms with van der Waals surface area (Å²) in [5, 5.41) is 2.54. The maximum atomic E-state index is 13.2. The molecule has 1 aliphatic rings. The zero-order valence-electron chi connectivity index (χ0n) is 12.8. The first-order chi connectivity index (χ1) is 12.2. The molecule has 0 bridgehead atoms. The SMILES string of the molecule is O=C1NC(=Nc2cc(C(F)(F)F)ccc2Cl)SC1=Cc1cccc(F)c1. The lowest BCUT2D eigenvalue weighted by Gasteiger charge is -2.08. The third-order valence-electron chi connectivity index (χ3n) is 3.29. The fraction of sp³-hybridized carbons (Fsp3) is 0.0588. The van der Waals surface area contributed by atoms with Gasteiger partial charge in [0.05, 0.1) is 21.2 Å². The van der Waals surface area contributed by atoms with Gasteiger partial charge in [-0.25, -0.2) is 9.38 Å². The number of hydrogen-bond acceptors (Lipinski definition) is 3. The van der Waals surface area contributed by atoms with Crippen molar-refractivity contribution < 1.29 is 22.4 Å². The number of alkyl halides is 3. The zero-order valence-corrected chi connectivity index (χ0v) is 14.3. The first-order valence-electron chi connectivity index (χ1n) is 7.14. The Morgan fingerprint density at radius 2 is 1.92 bits per heavy atom. The van der Waals surface area contributed by atoms with Gasteiger partial charge in [0.15, 0.2) is 5.17 Å². The van der Waals surface area contributed by atoms with Crippen LogP contribution in [0.4, 0.5) is 23.2 Å². The summed E-state index contributed by atoms with van der Waals surface area (Å²) in [4.78, 5) is 16.2. The zero-order chi connectivity index (χ0) is 18.9. The van der Waals surface area contributed by atoms with Gasteiger partial charge in [-0.15, -0.1) is 0 Å². The van der Waals surface area contributed by atoms with Crippen molar-refractivity contribution in [1.29, 1.82) is 0 Å². The third kappa shape index (κ3) is 4.25. The van der Waals surface area contributed by atoms with Crippen LogP contribution in [-0.4, -0.2) is 11.1 Å². The molecule has 0 spiro atoms. The number of carbonyl (C=O) groups is 1. The number of rotatable bonds is 2. The average molecular weight is 401 g/mol. The summed E-state index contributed by atoms with van der Waals surface area (Å²) in [7, 11) is 0. The smallest absolute Gasteiger partial charge is 0.300 e. The number of halogens is 5. The molecule has 9 heteroatoms. The maximum Gasteiger partial charge on any atom is 0.416 e. The molecule has 0 saturated carbocycles. The van der Waals surface area contributed by atoms with Crippen molar-refractivity contribution in [2.24, 2.45) is 4.99 Å². The van der Waals surface area contributed by atoms with Crippen LogP contribution in [0.25, 0.3) is 6.08 Å². The van der Waals surface area contributed by atoms with Gasteiger partial charge in [-0.05, 0) is 53.7 Å². The number of nitrogens with zero attached hydrogens (tertiary/aromatic N) is 1. The third-order valence-corrected chi connectivity index (χ3v) is 4.52. The van der Waals surface area contributed by atoms with E-state index in [1.807, 2.05) is 0 Å². The summed E-state index contributed by atoms with van der Waals surface area (Å²) in [6.45, 7) is 0. The van der Waals surface area contributed by atoms with Crippen LogP contribution in [0.2, 0.25) is 5.02 Å². The predicted octanol–water partition coefficient (Wildman–Crippen LogP) is 5.39. The van der Waals surface area contributed by atoms with E-state index in [9.17, 15) is 22.4 Å². The summed E-state index contributed by atoms with van der Waals surface area (Å²) in [6, 6.07) is 8.37. The van der Waals surface area contributed by atoms with Crippen molar-refractivity contribution in [3.63, 3.8) is 0 Å². The molecule has 2 aromatic carbocycles. The van der Waals surface area contributed by atoms with Crippen LogP contribution in [0.1, 0.15) is 11.1 Å². The Morgan fingerprint density at radius 3 is 2.62 bits per heavy atom. The van der Waals surface area contributed by atoms with Crippen molar-refractivity contribution in [1.82, 2.24) is 5.32 Å². The van der Waals surface area contributed by atoms with Gasteiger partial charge in [-0.2, -0.15) is 13.2 Å². The number of amidine groups is 1. The Balaban J connectivity index is 1.89. The summed E-state index contributed by atoms with van der Waals surface area (Å²) >= 11 is 6.82. The number of benzene rings is 2. The van der Waals surface area contributed by atoms with Gasteiger partial charge < -0.3 is 5.32 Å². The second-order valence-corrected chi connectivity index (χ2v) is 6.64. The topological polar surface area (TPSA) is 41.5 Å². The van der Waals surface area contributed by atoms with Crippen LogP contribution in [0.15, 0.2) is 52.4 Å². The lowest BCUT2D eigenvalue weighted by molar-refractivity contribution is -0.137. The minimum absolute atomic E-state index is 0.0166. The molecule has 0 unspecified atom stereocenters.